The van der Waals surface area contributed by atoms with Gasteiger partial charge in [-0.2, -0.15) is 0 Å². The zero-order chi connectivity index (χ0) is 8.85. The molecule has 0 fully saturated rings. The average molecular weight is 177 g/mol. The minimum atomic E-state index is -0.195. The molecule has 0 aliphatic heterocycles. The number of carbonyl (C=O) groups is 1. The molecule has 0 bridgehead atoms. The highest BCUT2D eigenvalue weighted by molar-refractivity contribution is 6.29. The minimum Gasteiger partial charge on any atom is -0.469 e. The van der Waals surface area contributed by atoms with Crippen molar-refractivity contribution in [3.8, 4) is 0 Å². The van der Waals surface area contributed by atoms with Crippen molar-refractivity contribution in [1.82, 2.24) is 0 Å². The van der Waals surface area contributed by atoms with E-state index in [1.54, 1.807) is 6.92 Å². The number of esters is 1. The highest BCUT2D eigenvalue weighted by atomic mass is 35.5. The van der Waals surface area contributed by atoms with Gasteiger partial charge in [-0.25, -0.2) is 0 Å². The maximum Gasteiger partial charge on any atom is 0.308 e. The van der Waals surface area contributed by atoms with E-state index in [-0.39, 0.29) is 11.9 Å². The zero-order valence-corrected chi connectivity index (χ0v) is 7.81. The molecule has 0 N–H and O–H groups in total. The lowest BCUT2D eigenvalue weighted by atomic mass is 10.1. The molecule has 0 aliphatic carbocycles. The molecule has 0 amide bonds. The number of hydrogen-bond acceptors (Lipinski definition) is 2. The molecule has 0 rings (SSSR count). The van der Waals surface area contributed by atoms with Gasteiger partial charge in [0.15, 0.2) is 0 Å². The Morgan fingerprint density at radius 1 is 1.73 bits per heavy atom. The van der Waals surface area contributed by atoms with Crippen molar-refractivity contribution in [1.29, 1.82) is 0 Å². The van der Waals surface area contributed by atoms with E-state index in [4.69, 9.17) is 11.6 Å². The lowest BCUT2D eigenvalue weighted by Crippen LogP contribution is -2.11. The topological polar surface area (TPSA) is 26.3 Å². The smallest absolute Gasteiger partial charge is 0.308 e. The number of allylic oxidation sites excluding steroid dienone is 2. The number of hydrogen-bond donors (Lipinski definition) is 0. The zero-order valence-electron chi connectivity index (χ0n) is 7.06. The van der Waals surface area contributed by atoms with Crippen molar-refractivity contribution in [2.24, 2.45) is 5.92 Å². The predicted octanol–water partition coefficient (Wildman–Crippen LogP) is 2.33. The van der Waals surface area contributed by atoms with Gasteiger partial charge in [-0.05, 0) is 13.3 Å². The molecule has 1 unspecified atom stereocenters. The third-order valence-corrected chi connectivity index (χ3v) is 1.51. The van der Waals surface area contributed by atoms with Crippen LogP contribution >= 0.6 is 11.6 Å². The first-order valence-electron chi connectivity index (χ1n) is 3.48. The lowest BCUT2D eigenvalue weighted by Gasteiger charge is -2.04. The van der Waals surface area contributed by atoms with E-state index in [0.717, 1.165) is 0 Å². The molecule has 0 saturated heterocycles. The van der Waals surface area contributed by atoms with E-state index in [1.165, 1.54) is 7.11 Å². The van der Waals surface area contributed by atoms with E-state index in [1.807, 2.05) is 13.0 Å². The SMILES string of the molecule is COC(=O)C(C)C/C=C(\C)Cl. The lowest BCUT2D eigenvalue weighted by molar-refractivity contribution is -0.144. The predicted molar refractivity (Wildman–Crippen MR) is 45.4 cm³/mol. The highest BCUT2D eigenvalue weighted by Crippen LogP contribution is 2.08. The Hall–Kier alpha value is -0.500. The van der Waals surface area contributed by atoms with Crippen LogP contribution in [0.3, 0.4) is 0 Å². The standard InChI is InChI=1S/C8H13ClO2/c1-6(8(10)11-3)4-5-7(2)9/h5-6H,4H2,1-3H3/b7-5+. The third kappa shape index (κ3) is 4.85. The Bertz CT molecular complexity index is 159. The molecule has 2 nitrogen and oxygen atoms in total. The van der Waals surface area contributed by atoms with Gasteiger partial charge in [0.25, 0.3) is 0 Å². The first-order chi connectivity index (χ1) is 5.07. The fraction of sp³-hybridized carbons (Fsp3) is 0.625. The van der Waals surface area contributed by atoms with Crippen LogP contribution in [0.15, 0.2) is 11.1 Å². The second kappa shape index (κ2) is 5.19. The summed E-state index contributed by atoms with van der Waals surface area (Å²) < 4.78 is 4.53. The fourth-order valence-corrected chi connectivity index (χ4v) is 0.726. The van der Waals surface area contributed by atoms with Crippen molar-refractivity contribution in [2.45, 2.75) is 20.3 Å². The number of halogens is 1. The van der Waals surface area contributed by atoms with E-state index in [9.17, 15) is 4.79 Å². The molecule has 0 heterocycles. The first-order valence-corrected chi connectivity index (χ1v) is 3.85. The Balaban J connectivity index is 3.78. The molecule has 0 saturated carbocycles. The summed E-state index contributed by atoms with van der Waals surface area (Å²) in [4.78, 5) is 10.8. The fourth-order valence-electron chi connectivity index (χ4n) is 0.637. The maximum absolute atomic E-state index is 10.8. The number of carbonyl (C=O) groups excluding carboxylic acids is 1. The largest absolute Gasteiger partial charge is 0.469 e. The molecule has 11 heavy (non-hydrogen) atoms. The van der Waals surface area contributed by atoms with E-state index < -0.39 is 0 Å². The van der Waals surface area contributed by atoms with Crippen LogP contribution in [-0.4, -0.2) is 13.1 Å². The summed E-state index contributed by atoms with van der Waals surface area (Å²) in [5, 5.41) is 0.709. The van der Waals surface area contributed by atoms with Gasteiger partial charge in [0, 0.05) is 5.03 Å². The first kappa shape index (κ1) is 10.5. The molecule has 0 aromatic heterocycles. The number of methoxy groups -OCH3 is 1. The molecule has 0 spiro atoms. The van der Waals surface area contributed by atoms with E-state index in [0.29, 0.717) is 11.5 Å². The normalized spacial score (nSPS) is 14.4. The van der Waals surface area contributed by atoms with Crippen LogP contribution in [0.25, 0.3) is 0 Å². The average Bonchev–Trinajstić information content (AvgIpc) is 1.98. The summed E-state index contributed by atoms with van der Waals surface area (Å²) in [6, 6.07) is 0. The van der Waals surface area contributed by atoms with Gasteiger partial charge in [0.1, 0.15) is 0 Å². The van der Waals surface area contributed by atoms with Crippen molar-refractivity contribution in [3.63, 3.8) is 0 Å². The van der Waals surface area contributed by atoms with Gasteiger partial charge in [-0.3, -0.25) is 4.79 Å². The van der Waals surface area contributed by atoms with Gasteiger partial charge in [-0.15, -0.1) is 0 Å². The molecular weight excluding hydrogens is 164 g/mol. The van der Waals surface area contributed by atoms with Gasteiger partial charge < -0.3 is 4.74 Å². The molecular formula is C8H13ClO2. The van der Waals surface area contributed by atoms with Crippen LogP contribution in [-0.2, 0) is 9.53 Å². The van der Waals surface area contributed by atoms with Crippen molar-refractivity contribution in [2.75, 3.05) is 7.11 Å². The molecule has 3 heteroatoms. The van der Waals surface area contributed by atoms with Crippen LogP contribution in [0.4, 0.5) is 0 Å². The van der Waals surface area contributed by atoms with E-state index >= 15 is 0 Å². The second-order valence-electron chi connectivity index (χ2n) is 2.45. The van der Waals surface area contributed by atoms with Crippen LogP contribution in [0.1, 0.15) is 20.3 Å². The maximum atomic E-state index is 10.8. The Kier molecular flexibility index (Phi) is 4.95. The van der Waals surface area contributed by atoms with Crippen molar-refractivity contribution in [3.05, 3.63) is 11.1 Å². The van der Waals surface area contributed by atoms with Crippen LogP contribution < -0.4 is 0 Å². The van der Waals surface area contributed by atoms with Crippen LogP contribution in [0.5, 0.6) is 0 Å². The monoisotopic (exact) mass is 176 g/mol. The third-order valence-electron chi connectivity index (χ3n) is 1.36. The van der Waals surface area contributed by atoms with Gasteiger partial charge in [0.2, 0.25) is 0 Å². The quantitative estimate of drug-likeness (QED) is 0.617. The summed E-state index contributed by atoms with van der Waals surface area (Å²) in [7, 11) is 1.39. The van der Waals surface area contributed by atoms with Crippen molar-refractivity contribution >= 4 is 17.6 Å². The van der Waals surface area contributed by atoms with Gasteiger partial charge >= 0.3 is 5.97 Å². The summed E-state index contributed by atoms with van der Waals surface area (Å²) >= 11 is 5.58. The van der Waals surface area contributed by atoms with Gasteiger partial charge in [0.05, 0.1) is 13.0 Å². The molecule has 0 aromatic carbocycles. The molecule has 0 radical (unpaired) electrons. The summed E-state index contributed by atoms with van der Waals surface area (Å²) in [6.07, 6.45) is 2.45. The molecule has 0 aliphatic rings. The molecule has 0 aromatic rings. The summed E-state index contributed by atoms with van der Waals surface area (Å²) in [5.74, 6) is -0.298. The Morgan fingerprint density at radius 2 is 2.27 bits per heavy atom. The van der Waals surface area contributed by atoms with E-state index in [2.05, 4.69) is 4.74 Å². The van der Waals surface area contributed by atoms with Crippen LogP contribution in [0, 0.1) is 5.92 Å². The molecule has 64 valence electrons. The molecule has 1 atom stereocenters. The Labute approximate surface area is 72.2 Å². The van der Waals surface area contributed by atoms with Crippen LogP contribution in [0.2, 0.25) is 0 Å². The van der Waals surface area contributed by atoms with Gasteiger partial charge in [-0.1, -0.05) is 24.6 Å². The Morgan fingerprint density at radius 3 is 2.64 bits per heavy atom. The minimum absolute atomic E-state index is 0.103. The summed E-state index contributed by atoms with van der Waals surface area (Å²) in [6.45, 7) is 3.59. The van der Waals surface area contributed by atoms with Crippen molar-refractivity contribution < 1.29 is 9.53 Å². The summed E-state index contributed by atoms with van der Waals surface area (Å²) in [5.41, 5.74) is 0. The number of rotatable bonds is 3. The number of ether oxygens (including phenoxy) is 1. The second-order valence-corrected chi connectivity index (χ2v) is 3.05. The highest BCUT2D eigenvalue weighted by Gasteiger charge is 2.10.